The Morgan fingerprint density at radius 3 is 2.29 bits per heavy atom. The number of hydrogen-bond donors (Lipinski definition) is 2. The van der Waals surface area contributed by atoms with Crippen LogP contribution in [0.2, 0.25) is 0 Å². The minimum Gasteiger partial charge on any atom is -0.361 e. The van der Waals surface area contributed by atoms with Crippen LogP contribution in [0.4, 0.5) is 26.3 Å². The first kappa shape index (κ1) is 30.4. The van der Waals surface area contributed by atoms with Crippen molar-refractivity contribution in [2.24, 2.45) is 0 Å². The second-order valence-electron chi connectivity index (χ2n) is 9.56. The zero-order valence-electron chi connectivity index (χ0n) is 22.3. The lowest BCUT2D eigenvalue weighted by molar-refractivity contribution is -0.143. The summed E-state index contributed by atoms with van der Waals surface area (Å²) in [6.45, 7) is 0.270. The van der Waals surface area contributed by atoms with Gasteiger partial charge in [0.2, 0.25) is 5.91 Å². The van der Waals surface area contributed by atoms with Crippen LogP contribution >= 0.6 is 0 Å². The molecule has 0 saturated carbocycles. The summed E-state index contributed by atoms with van der Waals surface area (Å²) in [4.78, 5) is 34.2. The zero-order valence-corrected chi connectivity index (χ0v) is 22.3. The highest BCUT2D eigenvalue weighted by molar-refractivity contribution is 5.95. The van der Waals surface area contributed by atoms with Gasteiger partial charge in [-0.2, -0.15) is 26.3 Å². The molecule has 0 aliphatic carbocycles. The first-order valence-electron chi connectivity index (χ1n) is 12.8. The summed E-state index contributed by atoms with van der Waals surface area (Å²) < 4.78 is 80.5. The Kier molecular flexibility index (Phi) is 9.03. The maximum absolute atomic E-state index is 13.4. The van der Waals surface area contributed by atoms with E-state index in [1.54, 1.807) is 30.6 Å². The Morgan fingerprint density at radius 1 is 0.976 bits per heavy atom. The number of amides is 2. The van der Waals surface area contributed by atoms with Gasteiger partial charge in [-0.05, 0) is 48.4 Å². The Labute approximate surface area is 237 Å². The van der Waals surface area contributed by atoms with Crippen LogP contribution in [0.15, 0.2) is 85.2 Å². The van der Waals surface area contributed by atoms with Crippen molar-refractivity contribution in [1.82, 2.24) is 20.2 Å². The second-order valence-corrected chi connectivity index (χ2v) is 9.56. The number of fused-ring (bicyclic) bond motifs is 1. The fraction of sp³-hybridized carbons (Fsp3) is 0.233. The summed E-state index contributed by atoms with van der Waals surface area (Å²) in [5.41, 5.74) is -1.67. The number of carbonyl (C=O) groups excluding carboxylic acids is 2. The number of carbonyl (C=O) groups is 2. The maximum atomic E-state index is 13.4. The number of alkyl halides is 6. The lowest BCUT2D eigenvalue weighted by Gasteiger charge is -2.27. The molecule has 0 aliphatic rings. The lowest BCUT2D eigenvalue weighted by atomic mass is 10.0. The summed E-state index contributed by atoms with van der Waals surface area (Å²) in [5, 5.41) is 3.51. The molecule has 42 heavy (non-hydrogen) atoms. The van der Waals surface area contributed by atoms with E-state index >= 15 is 0 Å². The Hall–Kier alpha value is -4.61. The third-order valence-corrected chi connectivity index (χ3v) is 6.63. The molecular formula is C30H26F6N4O2. The number of likely N-dealkylation sites (N-methyl/N-ethyl adjacent to an activating group) is 1. The summed E-state index contributed by atoms with van der Waals surface area (Å²) >= 11 is 0. The molecule has 2 aromatic carbocycles. The van der Waals surface area contributed by atoms with Gasteiger partial charge >= 0.3 is 12.4 Å². The quantitative estimate of drug-likeness (QED) is 0.181. The highest BCUT2D eigenvalue weighted by Gasteiger charge is 2.38. The molecular weight excluding hydrogens is 562 g/mol. The number of aromatic amines is 1. The number of aromatic nitrogens is 2. The molecule has 0 bridgehead atoms. The van der Waals surface area contributed by atoms with Crippen LogP contribution in [0.5, 0.6) is 0 Å². The molecule has 220 valence electrons. The monoisotopic (exact) mass is 588 g/mol. The number of H-pyrrole nitrogens is 1. The molecule has 1 atom stereocenters. The first-order chi connectivity index (χ1) is 19.8. The number of benzene rings is 2. The summed E-state index contributed by atoms with van der Waals surface area (Å²) in [6, 6.07) is 12.5. The first-order valence-corrected chi connectivity index (χ1v) is 12.8. The van der Waals surface area contributed by atoms with Gasteiger partial charge in [-0.1, -0.05) is 30.3 Å². The van der Waals surface area contributed by atoms with Crippen molar-refractivity contribution in [3.8, 4) is 0 Å². The molecule has 4 rings (SSSR count). The van der Waals surface area contributed by atoms with E-state index in [-0.39, 0.29) is 19.0 Å². The topological polar surface area (TPSA) is 78.1 Å². The van der Waals surface area contributed by atoms with Gasteiger partial charge in [0.1, 0.15) is 0 Å². The van der Waals surface area contributed by atoms with Gasteiger partial charge in [0.05, 0.1) is 17.2 Å². The average Bonchev–Trinajstić information content (AvgIpc) is 3.36. The summed E-state index contributed by atoms with van der Waals surface area (Å²) in [7, 11) is 1.26. The Bertz CT molecular complexity index is 1550. The van der Waals surface area contributed by atoms with E-state index in [0.29, 0.717) is 18.6 Å². The summed E-state index contributed by atoms with van der Waals surface area (Å²) in [5.74, 6) is -1.56. The number of rotatable bonds is 9. The Morgan fingerprint density at radius 2 is 1.64 bits per heavy atom. The van der Waals surface area contributed by atoms with E-state index in [2.05, 4.69) is 15.3 Å². The van der Waals surface area contributed by atoms with E-state index in [9.17, 15) is 35.9 Å². The number of hydrogen-bond acceptors (Lipinski definition) is 3. The molecule has 0 radical (unpaired) electrons. The molecule has 0 aliphatic heterocycles. The Balaban J connectivity index is 1.61. The van der Waals surface area contributed by atoms with Gasteiger partial charge in [0.15, 0.2) is 0 Å². The van der Waals surface area contributed by atoms with Gasteiger partial charge in [0.25, 0.3) is 5.91 Å². The highest BCUT2D eigenvalue weighted by Crippen LogP contribution is 2.36. The van der Waals surface area contributed by atoms with Crippen molar-refractivity contribution in [3.63, 3.8) is 0 Å². The minimum absolute atomic E-state index is 0.0323. The fourth-order valence-corrected chi connectivity index (χ4v) is 4.41. The molecule has 0 spiro atoms. The average molecular weight is 589 g/mol. The van der Waals surface area contributed by atoms with E-state index in [0.717, 1.165) is 27.1 Å². The van der Waals surface area contributed by atoms with Crippen LogP contribution < -0.4 is 5.32 Å². The van der Waals surface area contributed by atoms with Gasteiger partial charge in [-0.15, -0.1) is 0 Å². The molecule has 2 amide bonds. The molecule has 6 nitrogen and oxygen atoms in total. The number of nitrogens with zero attached hydrogens (tertiary/aromatic N) is 2. The maximum Gasteiger partial charge on any atom is 0.416 e. The standard InChI is InChI=1S/C30H26F6N4O2/c1-40(28(42)19-14-21(29(31,32)33)17-22(15-19)30(34,35)36)24(16-20-18-39-26-8-3-2-7-25(20)26)9-10-27(41)38-13-11-23-6-4-5-12-37-23/h2-10,12,14-15,17-18,24,39H,11,13,16H2,1H3,(H,38,41). The molecule has 12 heteroatoms. The smallest absolute Gasteiger partial charge is 0.361 e. The molecule has 0 saturated heterocycles. The van der Waals surface area contributed by atoms with Crippen LogP contribution in [0.1, 0.15) is 32.7 Å². The molecule has 2 aromatic heterocycles. The molecule has 4 aromatic rings. The van der Waals surface area contributed by atoms with Crippen molar-refractivity contribution in [1.29, 1.82) is 0 Å². The van der Waals surface area contributed by atoms with Gasteiger partial charge < -0.3 is 15.2 Å². The number of nitrogens with one attached hydrogen (secondary N) is 2. The van der Waals surface area contributed by atoms with Crippen LogP contribution in [0, 0.1) is 0 Å². The van der Waals surface area contributed by atoms with Crippen molar-refractivity contribution < 1.29 is 35.9 Å². The van der Waals surface area contributed by atoms with Crippen molar-refractivity contribution in [3.05, 3.63) is 113 Å². The van der Waals surface area contributed by atoms with Crippen molar-refractivity contribution >= 4 is 22.7 Å². The lowest BCUT2D eigenvalue weighted by Crippen LogP contribution is -2.38. The predicted octanol–water partition coefficient (Wildman–Crippen LogP) is 6.20. The number of para-hydroxylation sites is 1. The van der Waals surface area contributed by atoms with Crippen LogP contribution in [-0.4, -0.2) is 46.3 Å². The molecule has 1 unspecified atom stereocenters. The molecule has 2 N–H and O–H groups in total. The number of pyridine rings is 1. The third-order valence-electron chi connectivity index (χ3n) is 6.63. The van der Waals surface area contributed by atoms with E-state index in [1.165, 1.54) is 19.2 Å². The van der Waals surface area contributed by atoms with Gasteiger partial charge in [-0.3, -0.25) is 14.6 Å². The van der Waals surface area contributed by atoms with E-state index in [1.807, 2.05) is 24.3 Å². The van der Waals surface area contributed by atoms with Crippen LogP contribution in [0.3, 0.4) is 0 Å². The molecule has 0 fully saturated rings. The van der Waals surface area contributed by atoms with E-state index < -0.39 is 46.9 Å². The highest BCUT2D eigenvalue weighted by atomic mass is 19.4. The predicted molar refractivity (Wildman–Crippen MR) is 144 cm³/mol. The van der Waals surface area contributed by atoms with Gasteiger partial charge in [-0.25, -0.2) is 0 Å². The largest absolute Gasteiger partial charge is 0.416 e. The summed E-state index contributed by atoms with van der Waals surface area (Å²) in [6.07, 6.45) is -3.71. The van der Waals surface area contributed by atoms with E-state index in [4.69, 9.17) is 0 Å². The van der Waals surface area contributed by atoms with Crippen LogP contribution in [-0.2, 0) is 30.0 Å². The third kappa shape index (κ3) is 7.56. The fourth-order valence-electron chi connectivity index (χ4n) is 4.41. The van der Waals surface area contributed by atoms with Crippen LogP contribution in [0.25, 0.3) is 10.9 Å². The zero-order chi connectivity index (χ0) is 30.5. The van der Waals surface area contributed by atoms with Crippen molar-refractivity contribution in [2.45, 2.75) is 31.2 Å². The van der Waals surface area contributed by atoms with Crippen molar-refractivity contribution in [2.75, 3.05) is 13.6 Å². The van der Waals surface area contributed by atoms with Gasteiger partial charge in [0, 0.05) is 60.6 Å². The number of halogens is 6. The SMILES string of the molecule is CN(C(=O)c1cc(C(F)(F)F)cc(C(F)(F)F)c1)C(C=CC(=O)NCCc1ccccn1)Cc1c[nH]c2ccccc12. The minimum atomic E-state index is -5.11. The second kappa shape index (κ2) is 12.5. The normalized spacial score (nSPS) is 12.9. The molecule has 2 heterocycles.